The van der Waals surface area contributed by atoms with Gasteiger partial charge in [-0.15, -0.1) is 0 Å². The monoisotopic (exact) mass is 205 g/mol. The Morgan fingerprint density at radius 1 is 1.40 bits per heavy atom. The molecule has 3 nitrogen and oxygen atoms in total. The number of hydrogen-bond donors (Lipinski definition) is 2. The fraction of sp³-hybridized carbons (Fsp3) is 0.417. The summed E-state index contributed by atoms with van der Waals surface area (Å²) in [6.07, 6.45) is 1.74. The van der Waals surface area contributed by atoms with Crippen LogP contribution in [-0.2, 0) is 17.6 Å². The molecule has 0 bridgehead atoms. The third kappa shape index (κ3) is 1.88. The zero-order valence-electron chi connectivity index (χ0n) is 8.73. The Balaban J connectivity index is 2.15. The van der Waals surface area contributed by atoms with Gasteiger partial charge in [-0.05, 0) is 36.9 Å². The van der Waals surface area contributed by atoms with Gasteiger partial charge in [0.05, 0.1) is 0 Å². The minimum atomic E-state index is -0.754. The molecule has 2 N–H and O–H groups in total. The summed E-state index contributed by atoms with van der Waals surface area (Å²) in [7, 11) is 1.71. The van der Waals surface area contributed by atoms with E-state index >= 15 is 0 Å². The molecule has 15 heavy (non-hydrogen) atoms. The van der Waals surface area contributed by atoms with E-state index in [4.69, 9.17) is 5.11 Å². The fourth-order valence-corrected chi connectivity index (χ4v) is 2.39. The first-order valence-corrected chi connectivity index (χ1v) is 5.19. The quantitative estimate of drug-likeness (QED) is 0.776. The molecule has 80 valence electrons. The second-order valence-corrected chi connectivity index (χ2v) is 4.04. The van der Waals surface area contributed by atoms with Crippen molar-refractivity contribution in [2.45, 2.75) is 18.9 Å². The van der Waals surface area contributed by atoms with Gasteiger partial charge in [0.2, 0.25) is 0 Å². The Labute approximate surface area is 89.1 Å². The number of benzene rings is 1. The van der Waals surface area contributed by atoms with Crippen molar-refractivity contribution < 1.29 is 9.90 Å². The van der Waals surface area contributed by atoms with Crippen LogP contribution in [0.25, 0.3) is 0 Å². The van der Waals surface area contributed by atoms with E-state index in [0.717, 1.165) is 12.8 Å². The second-order valence-electron chi connectivity index (χ2n) is 4.04. The van der Waals surface area contributed by atoms with Crippen LogP contribution in [0.5, 0.6) is 0 Å². The lowest BCUT2D eigenvalue weighted by molar-refractivity contribution is -0.140. The van der Waals surface area contributed by atoms with Crippen molar-refractivity contribution in [2.24, 2.45) is 5.92 Å². The zero-order valence-corrected chi connectivity index (χ0v) is 8.73. The van der Waals surface area contributed by atoms with Gasteiger partial charge in [-0.25, -0.2) is 0 Å². The Bertz CT molecular complexity index is 351. The highest BCUT2D eigenvalue weighted by molar-refractivity contribution is 5.74. The van der Waals surface area contributed by atoms with E-state index < -0.39 is 12.0 Å². The molecule has 1 aliphatic carbocycles. The molecule has 1 aromatic carbocycles. The highest BCUT2D eigenvalue weighted by atomic mass is 16.4. The Morgan fingerprint density at radius 3 is 2.33 bits per heavy atom. The van der Waals surface area contributed by atoms with E-state index in [1.54, 1.807) is 7.05 Å². The van der Waals surface area contributed by atoms with Crippen molar-refractivity contribution in [3.63, 3.8) is 0 Å². The molecule has 0 amide bonds. The van der Waals surface area contributed by atoms with Gasteiger partial charge in [-0.1, -0.05) is 24.3 Å². The van der Waals surface area contributed by atoms with E-state index in [2.05, 4.69) is 17.4 Å². The molecule has 0 saturated carbocycles. The third-order valence-electron chi connectivity index (χ3n) is 3.13. The van der Waals surface area contributed by atoms with Gasteiger partial charge in [0.15, 0.2) is 0 Å². The summed E-state index contributed by atoms with van der Waals surface area (Å²) in [4.78, 5) is 11.0. The number of fused-ring (bicyclic) bond motifs is 1. The predicted molar refractivity (Wildman–Crippen MR) is 57.8 cm³/mol. The van der Waals surface area contributed by atoms with Crippen LogP contribution < -0.4 is 5.32 Å². The first kappa shape index (κ1) is 10.2. The fourth-order valence-electron chi connectivity index (χ4n) is 2.39. The Morgan fingerprint density at radius 2 is 1.93 bits per heavy atom. The highest BCUT2D eigenvalue weighted by Gasteiger charge is 2.31. The Kier molecular flexibility index (Phi) is 2.73. The maximum absolute atomic E-state index is 11.0. The van der Waals surface area contributed by atoms with Crippen molar-refractivity contribution in [3.05, 3.63) is 35.4 Å². The first-order valence-electron chi connectivity index (χ1n) is 5.19. The summed E-state index contributed by atoms with van der Waals surface area (Å²) >= 11 is 0. The van der Waals surface area contributed by atoms with Gasteiger partial charge in [0, 0.05) is 0 Å². The van der Waals surface area contributed by atoms with Crippen LogP contribution in [0.15, 0.2) is 24.3 Å². The van der Waals surface area contributed by atoms with Crippen LogP contribution >= 0.6 is 0 Å². The lowest BCUT2D eigenvalue weighted by atomic mass is 9.97. The van der Waals surface area contributed by atoms with Crippen molar-refractivity contribution in [3.8, 4) is 0 Å². The lowest BCUT2D eigenvalue weighted by Gasteiger charge is -2.17. The number of carbonyl (C=O) groups is 1. The largest absolute Gasteiger partial charge is 0.480 e. The summed E-state index contributed by atoms with van der Waals surface area (Å²) in [6.45, 7) is 0. The van der Waals surface area contributed by atoms with Crippen LogP contribution in [0.2, 0.25) is 0 Å². The summed E-state index contributed by atoms with van der Waals surface area (Å²) in [5.41, 5.74) is 2.59. The third-order valence-corrected chi connectivity index (χ3v) is 3.13. The van der Waals surface area contributed by atoms with Crippen LogP contribution in [-0.4, -0.2) is 24.2 Å². The summed E-state index contributed by atoms with van der Waals surface area (Å²) in [5.74, 6) is -0.569. The SMILES string of the molecule is CN[C@@H](C(=O)O)C1Cc2ccccc2C1. The van der Waals surface area contributed by atoms with E-state index in [0.29, 0.717) is 0 Å². The molecule has 0 radical (unpaired) electrons. The van der Waals surface area contributed by atoms with Gasteiger partial charge < -0.3 is 10.4 Å². The molecule has 0 spiro atoms. The molecular formula is C12H15NO2. The lowest BCUT2D eigenvalue weighted by Crippen LogP contribution is -2.41. The van der Waals surface area contributed by atoms with Gasteiger partial charge in [0.1, 0.15) is 6.04 Å². The maximum atomic E-state index is 11.0. The molecule has 0 saturated heterocycles. The molecule has 3 heteroatoms. The first-order chi connectivity index (χ1) is 7.22. The molecule has 1 aliphatic rings. The summed E-state index contributed by atoms with van der Waals surface area (Å²) in [6, 6.07) is 7.76. The summed E-state index contributed by atoms with van der Waals surface area (Å²) in [5, 5.41) is 11.9. The van der Waals surface area contributed by atoms with Crippen LogP contribution in [0.4, 0.5) is 0 Å². The van der Waals surface area contributed by atoms with Crippen LogP contribution in [0.1, 0.15) is 11.1 Å². The second kappa shape index (κ2) is 4.03. The number of carboxylic acid groups (broad SMARTS) is 1. The normalized spacial score (nSPS) is 17.4. The van der Waals surface area contributed by atoms with Gasteiger partial charge in [-0.3, -0.25) is 4.79 Å². The molecular weight excluding hydrogens is 190 g/mol. The van der Waals surface area contributed by atoms with Crippen molar-refractivity contribution in [1.29, 1.82) is 0 Å². The molecule has 0 unspecified atom stereocenters. The molecule has 0 aromatic heterocycles. The number of hydrogen-bond acceptors (Lipinski definition) is 2. The number of likely N-dealkylation sites (N-methyl/N-ethyl adjacent to an activating group) is 1. The summed E-state index contributed by atoms with van der Waals surface area (Å²) < 4.78 is 0. The minimum Gasteiger partial charge on any atom is -0.480 e. The number of nitrogens with one attached hydrogen (secondary N) is 1. The topological polar surface area (TPSA) is 49.3 Å². The number of carboxylic acids is 1. The minimum absolute atomic E-state index is 0.185. The van der Waals surface area contributed by atoms with E-state index in [1.807, 2.05) is 12.1 Å². The number of rotatable bonds is 3. The van der Waals surface area contributed by atoms with Crippen LogP contribution in [0.3, 0.4) is 0 Å². The average molecular weight is 205 g/mol. The standard InChI is InChI=1S/C12H15NO2/c1-13-11(12(14)15)10-6-8-4-2-3-5-9(8)7-10/h2-5,10-11,13H,6-7H2,1H3,(H,14,15)/t11-/m1/s1. The smallest absolute Gasteiger partial charge is 0.320 e. The average Bonchev–Trinajstić information content (AvgIpc) is 2.61. The zero-order chi connectivity index (χ0) is 10.8. The molecule has 2 rings (SSSR count). The van der Waals surface area contributed by atoms with E-state index in [9.17, 15) is 4.79 Å². The molecule has 1 atom stereocenters. The van der Waals surface area contributed by atoms with Crippen molar-refractivity contribution >= 4 is 5.97 Å². The van der Waals surface area contributed by atoms with E-state index in [-0.39, 0.29) is 5.92 Å². The van der Waals surface area contributed by atoms with Gasteiger partial charge >= 0.3 is 5.97 Å². The Hall–Kier alpha value is -1.35. The van der Waals surface area contributed by atoms with Crippen molar-refractivity contribution in [1.82, 2.24) is 5.32 Å². The van der Waals surface area contributed by atoms with Crippen molar-refractivity contribution in [2.75, 3.05) is 7.05 Å². The predicted octanol–water partition coefficient (Wildman–Crippen LogP) is 1.07. The van der Waals surface area contributed by atoms with Crippen LogP contribution in [0, 0.1) is 5.92 Å². The molecule has 0 fully saturated rings. The van der Waals surface area contributed by atoms with Gasteiger partial charge in [-0.2, -0.15) is 0 Å². The molecule has 0 aliphatic heterocycles. The van der Waals surface area contributed by atoms with Gasteiger partial charge in [0.25, 0.3) is 0 Å². The van der Waals surface area contributed by atoms with E-state index in [1.165, 1.54) is 11.1 Å². The highest BCUT2D eigenvalue weighted by Crippen LogP contribution is 2.28. The molecule has 0 heterocycles. The maximum Gasteiger partial charge on any atom is 0.320 e. The number of aliphatic carboxylic acids is 1. The molecule has 1 aromatic rings.